The Balaban J connectivity index is 2.13. The van der Waals surface area contributed by atoms with Crippen LogP contribution in [0.3, 0.4) is 0 Å². The number of nitrogens with zero attached hydrogens (tertiary/aromatic N) is 2. The molecule has 2 rings (SSSR count). The molecule has 1 aromatic heterocycles. The third-order valence-electron chi connectivity index (χ3n) is 3.54. The third-order valence-corrected chi connectivity index (χ3v) is 3.71. The number of hydrogen-bond acceptors (Lipinski definition) is 3. The van der Waals surface area contributed by atoms with Gasteiger partial charge in [-0.15, -0.1) is 11.6 Å². The number of carbonyl (C=O) groups is 1. The molecule has 18 heavy (non-hydrogen) atoms. The largest absolute Gasteiger partial charge is 0.438 e. The van der Waals surface area contributed by atoms with Crippen molar-refractivity contribution in [2.24, 2.45) is 0 Å². The molecule has 1 aromatic rings. The van der Waals surface area contributed by atoms with Crippen LogP contribution in [0.5, 0.6) is 0 Å². The Morgan fingerprint density at radius 1 is 1.50 bits per heavy atom. The molecule has 0 saturated heterocycles. The summed E-state index contributed by atoms with van der Waals surface area (Å²) in [5.74, 6) is 0.735. The van der Waals surface area contributed by atoms with Crippen LogP contribution in [-0.4, -0.2) is 34.3 Å². The maximum absolute atomic E-state index is 12.4. The van der Waals surface area contributed by atoms with Crippen molar-refractivity contribution in [3.05, 3.63) is 17.8 Å². The first kappa shape index (κ1) is 13.4. The van der Waals surface area contributed by atoms with E-state index in [0.717, 1.165) is 12.8 Å². The number of carbonyl (C=O) groups excluding carboxylic acids is 1. The highest BCUT2D eigenvalue weighted by molar-refractivity contribution is 6.18. The first-order valence-electron chi connectivity index (χ1n) is 6.51. The highest BCUT2D eigenvalue weighted by Crippen LogP contribution is 2.24. The van der Waals surface area contributed by atoms with Crippen molar-refractivity contribution in [1.82, 2.24) is 9.88 Å². The van der Waals surface area contributed by atoms with Gasteiger partial charge in [0.15, 0.2) is 6.39 Å². The summed E-state index contributed by atoms with van der Waals surface area (Å²) in [5.41, 5.74) is 0.649. The molecule has 100 valence electrons. The van der Waals surface area contributed by atoms with E-state index in [0.29, 0.717) is 29.9 Å². The molecule has 0 unspecified atom stereocenters. The molecule has 0 N–H and O–H groups in total. The van der Waals surface area contributed by atoms with Gasteiger partial charge in [0, 0.05) is 18.5 Å². The Kier molecular flexibility index (Phi) is 4.64. The van der Waals surface area contributed by atoms with Gasteiger partial charge in [-0.25, -0.2) is 4.98 Å². The summed E-state index contributed by atoms with van der Waals surface area (Å²) in [4.78, 5) is 18.3. The average Bonchev–Trinajstić information content (AvgIpc) is 2.82. The lowest BCUT2D eigenvalue weighted by atomic mass is 9.94. The molecule has 0 aromatic carbocycles. The fourth-order valence-electron chi connectivity index (χ4n) is 2.57. The van der Waals surface area contributed by atoms with E-state index in [4.69, 9.17) is 16.0 Å². The van der Waals surface area contributed by atoms with Crippen molar-refractivity contribution < 1.29 is 9.21 Å². The Morgan fingerprint density at radius 3 is 2.78 bits per heavy atom. The summed E-state index contributed by atoms with van der Waals surface area (Å²) < 4.78 is 5.20. The van der Waals surface area contributed by atoms with Gasteiger partial charge >= 0.3 is 0 Å². The van der Waals surface area contributed by atoms with Crippen LogP contribution in [-0.2, 0) is 0 Å². The Bertz CT molecular complexity index is 399. The molecule has 4 nitrogen and oxygen atoms in total. The zero-order valence-corrected chi connectivity index (χ0v) is 11.4. The van der Waals surface area contributed by atoms with E-state index in [-0.39, 0.29) is 5.91 Å². The minimum Gasteiger partial charge on any atom is -0.438 e. The molecule has 0 radical (unpaired) electrons. The van der Waals surface area contributed by atoms with E-state index in [1.807, 2.05) is 4.90 Å². The smallest absolute Gasteiger partial charge is 0.291 e. The van der Waals surface area contributed by atoms with Crippen LogP contribution in [0.1, 0.15) is 48.4 Å². The summed E-state index contributed by atoms with van der Waals surface area (Å²) in [7, 11) is 0. The summed E-state index contributed by atoms with van der Waals surface area (Å²) in [6, 6.07) is 0.300. The van der Waals surface area contributed by atoms with E-state index < -0.39 is 0 Å². The molecule has 0 atom stereocenters. The van der Waals surface area contributed by atoms with Gasteiger partial charge in [-0.05, 0) is 19.8 Å². The monoisotopic (exact) mass is 270 g/mol. The van der Waals surface area contributed by atoms with E-state index >= 15 is 0 Å². The number of oxazole rings is 1. The normalized spacial score (nSPS) is 16.8. The van der Waals surface area contributed by atoms with Crippen molar-refractivity contribution in [3.63, 3.8) is 0 Å². The molecule has 1 amide bonds. The predicted molar refractivity (Wildman–Crippen MR) is 69.9 cm³/mol. The summed E-state index contributed by atoms with van der Waals surface area (Å²) in [6.45, 7) is 2.36. The highest BCUT2D eigenvalue weighted by atomic mass is 35.5. The SMILES string of the molecule is Cc1ncoc1C(=O)N(CCCl)C1CCCCC1. The van der Waals surface area contributed by atoms with Crippen molar-refractivity contribution in [1.29, 1.82) is 0 Å². The van der Waals surface area contributed by atoms with E-state index in [2.05, 4.69) is 4.98 Å². The molecule has 1 saturated carbocycles. The second-order valence-electron chi connectivity index (χ2n) is 4.75. The summed E-state index contributed by atoms with van der Waals surface area (Å²) in [6.07, 6.45) is 7.09. The maximum atomic E-state index is 12.4. The molecule has 1 heterocycles. The fraction of sp³-hybridized carbons (Fsp3) is 0.692. The molecule has 1 aliphatic rings. The highest BCUT2D eigenvalue weighted by Gasteiger charge is 2.28. The average molecular weight is 271 g/mol. The van der Waals surface area contributed by atoms with Crippen molar-refractivity contribution in [3.8, 4) is 0 Å². The van der Waals surface area contributed by atoms with E-state index in [1.165, 1.54) is 25.7 Å². The lowest BCUT2D eigenvalue weighted by Gasteiger charge is -2.33. The van der Waals surface area contributed by atoms with Gasteiger partial charge in [0.05, 0.1) is 5.69 Å². The van der Waals surface area contributed by atoms with Gasteiger partial charge in [-0.2, -0.15) is 0 Å². The molecule has 0 spiro atoms. The van der Waals surface area contributed by atoms with Crippen LogP contribution in [0, 0.1) is 6.92 Å². The number of hydrogen-bond donors (Lipinski definition) is 0. The van der Waals surface area contributed by atoms with Crippen LogP contribution in [0.25, 0.3) is 0 Å². The Labute approximate surface area is 112 Å². The number of halogens is 1. The topological polar surface area (TPSA) is 46.3 Å². The van der Waals surface area contributed by atoms with E-state index in [9.17, 15) is 4.79 Å². The first-order valence-corrected chi connectivity index (χ1v) is 7.04. The quantitative estimate of drug-likeness (QED) is 0.790. The van der Waals surface area contributed by atoms with Crippen LogP contribution in [0.15, 0.2) is 10.8 Å². The molecule has 1 fully saturated rings. The predicted octanol–water partition coefficient (Wildman–Crippen LogP) is 3.00. The summed E-state index contributed by atoms with van der Waals surface area (Å²) >= 11 is 5.82. The molecule has 5 heteroatoms. The Hall–Kier alpha value is -1.03. The minimum atomic E-state index is -0.0717. The third kappa shape index (κ3) is 2.86. The van der Waals surface area contributed by atoms with Gasteiger partial charge in [0.25, 0.3) is 5.91 Å². The van der Waals surface area contributed by atoms with Gasteiger partial charge in [0.1, 0.15) is 0 Å². The maximum Gasteiger partial charge on any atom is 0.291 e. The van der Waals surface area contributed by atoms with Gasteiger partial charge in [-0.1, -0.05) is 19.3 Å². The van der Waals surface area contributed by atoms with Gasteiger partial charge in [0.2, 0.25) is 5.76 Å². The molecular weight excluding hydrogens is 252 g/mol. The Morgan fingerprint density at radius 2 is 2.22 bits per heavy atom. The number of rotatable bonds is 4. The number of aromatic nitrogens is 1. The van der Waals surface area contributed by atoms with Crippen LogP contribution < -0.4 is 0 Å². The van der Waals surface area contributed by atoms with Gasteiger partial charge in [-0.3, -0.25) is 4.79 Å². The number of aryl methyl sites for hydroxylation is 1. The minimum absolute atomic E-state index is 0.0717. The van der Waals surface area contributed by atoms with Crippen molar-refractivity contribution >= 4 is 17.5 Å². The van der Waals surface area contributed by atoms with E-state index in [1.54, 1.807) is 6.92 Å². The zero-order chi connectivity index (χ0) is 13.0. The lowest BCUT2D eigenvalue weighted by molar-refractivity contribution is 0.0616. The van der Waals surface area contributed by atoms with Crippen LogP contribution >= 0.6 is 11.6 Å². The molecule has 0 bridgehead atoms. The standard InChI is InChI=1S/C13H19ClN2O2/c1-10-12(18-9-15-10)13(17)16(8-7-14)11-5-3-2-4-6-11/h9,11H,2-8H2,1H3. The lowest BCUT2D eigenvalue weighted by Crippen LogP contribution is -2.42. The molecular formula is C13H19ClN2O2. The summed E-state index contributed by atoms with van der Waals surface area (Å²) in [5, 5.41) is 0. The zero-order valence-electron chi connectivity index (χ0n) is 10.7. The number of alkyl halides is 1. The van der Waals surface area contributed by atoms with Crippen molar-refractivity contribution in [2.75, 3.05) is 12.4 Å². The van der Waals surface area contributed by atoms with Crippen molar-refractivity contribution in [2.45, 2.75) is 45.1 Å². The second-order valence-corrected chi connectivity index (χ2v) is 5.12. The molecule has 0 aliphatic heterocycles. The first-order chi connectivity index (χ1) is 8.74. The number of amides is 1. The molecule has 1 aliphatic carbocycles. The second kappa shape index (κ2) is 6.23. The van der Waals surface area contributed by atoms with Crippen LogP contribution in [0.2, 0.25) is 0 Å². The van der Waals surface area contributed by atoms with Gasteiger partial charge < -0.3 is 9.32 Å². The van der Waals surface area contributed by atoms with Crippen LogP contribution in [0.4, 0.5) is 0 Å². The fourth-order valence-corrected chi connectivity index (χ4v) is 2.75.